The molecule has 0 aromatic heterocycles. The number of benzene rings is 1. The molecule has 1 N–H and O–H groups in total. The van der Waals surface area contributed by atoms with Crippen LogP contribution >= 0.6 is 11.6 Å². The van der Waals surface area contributed by atoms with E-state index in [1.807, 2.05) is 0 Å². The number of hydrogen-bond donors (Lipinski definition) is 1. The van der Waals surface area contributed by atoms with Crippen LogP contribution in [0.2, 0.25) is 0 Å². The van der Waals surface area contributed by atoms with E-state index in [1.54, 1.807) is 12.1 Å². The topological polar surface area (TPSA) is 72.5 Å². The van der Waals surface area contributed by atoms with E-state index >= 15 is 0 Å². The normalized spacial score (nSPS) is 11.1. The van der Waals surface area contributed by atoms with Gasteiger partial charge in [-0.3, -0.25) is 4.72 Å². The zero-order valence-electron chi connectivity index (χ0n) is 10.6. The molecule has 1 rings (SSSR count). The van der Waals surface area contributed by atoms with E-state index in [9.17, 15) is 13.2 Å². The zero-order valence-corrected chi connectivity index (χ0v) is 12.1. The van der Waals surface area contributed by atoms with E-state index in [4.69, 9.17) is 11.6 Å². The van der Waals surface area contributed by atoms with E-state index in [-0.39, 0.29) is 17.0 Å². The summed E-state index contributed by atoms with van der Waals surface area (Å²) < 4.78 is 30.7. The molecule has 106 valence electrons. The number of rotatable bonds is 7. The van der Waals surface area contributed by atoms with Gasteiger partial charge in [0.2, 0.25) is 10.0 Å². The Kier molecular flexibility index (Phi) is 6.11. The second-order valence-corrected chi connectivity index (χ2v) is 6.07. The van der Waals surface area contributed by atoms with Crippen molar-refractivity contribution in [2.24, 2.45) is 0 Å². The number of methoxy groups -OCH3 is 1. The van der Waals surface area contributed by atoms with Crippen molar-refractivity contribution in [2.75, 3.05) is 23.5 Å². The number of sulfonamides is 1. The molecule has 1 aromatic rings. The Balaban J connectivity index is 2.84. The highest BCUT2D eigenvalue weighted by molar-refractivity contribution is 7.92. The quantitative estimate of drug-likeness (QED) is 0.476. The van der Waals surface area contributed by atoms with Gasteiger partial charge in [0.15, 0.2) is 0 Å². The monoisotopic (exact) mass is 305 g/mol. The van der Waals surface area contributed by atoms with Gasteiger partial charge in [-0.25, -0.2) is 13.2 Å². The molecule has 0 aliphatic heterocycles. The van der Waals surface area contributed by atoms with Crippen LogP contribution in [0.4, 0.5) is 5.69 Å². The number of esters is 1. The summed E-state index contributed by atoms with van der Waals surface area (Å²) >= 11 is 5.50. The number of ether oxygens (including phenoxy) is 1. The van der Waals surface area contributed by atoms with E-state index in [0.717, 1.165) is 0 Å². The average Bonchev–Trinajstić information content (AvgIpc) is 2.38. The highest BCUT2D eigenvalue weighted by atomic mass is 35.5. The first-order chi connectivity index (χ1) is 9.00. The zero-order chi connectivity index (χ0) is 14.3. The summed E-state index contributed by atoms with van der Waals surface area (Å²) in [7, 11) is -2.24. The third-order valence-corrected chi connectivity index (χ3v) is 4.02. The first-order valence-electron chi connectivity index (χ1n) is 5.74. The van der Waals surface area contributed by atoms with Crippen LogP contribution in [0, 0.1) is 0 Å². The summed E-state index contributed by atoms with van der Waals surface area (Å²) in [5.41, 5.74) is 0.408. The maximum Gasteiger partial charge on any atom is 0.339 e. The van der Waals surface area contributed by atoms with Crippen molar-refractivity contribution in [2.45, 2.75) is 12.8 Å². The summed E-state index contributed by atoms with van der Waals surface area (Å²) in [6.07, 6.45) is 1.10. The number of halogens is 1. The SMILES string of the molecule is COC(=O)c1ccccc1NS(=O)(=O)CCCCCl. The number of hydrogen-bond acceptors (Lipinski definition) is 4. The Bertz CT molecular complexity index is 530. The highest BCUT2D eigenvalue weighted by Gasteiger charge is 2.16. The Morgan fingerprint density at radius 2 is 2.00 bits per heavy atom. The molecule has 0 radical (unpaired) electrons. The predicted octanol–water partition coefficient (Wildman–Crippen LogP) is 2.23. The number of carbonyl (C=O) groups excluding carboxylic acids is 1. The first kappa shape index (κ1) is 15.8. The van der Waals surface area contributed by atoms with Crippen molar-refractivity contribution in [3.8, 4) is 0 Å². The van der Waals surface area contributed by atoms with Crippen molar-refractivity contribution in [3.63, 3.8) is 0 Å². The van der Waals surface area contributed by atoms with Gasteiger partial charge < -0.3 is 4.74 Å². The lowest BCUT2D eigenvalue weighted by molar-refractivity contribution is 0.0602. The molecule has 0 bridgehead atoms. The molecule has 0 atom stereocenters. The van der Waals surface area contributed by atoms with Crippen LogP contribution in [0.3, 0.4) is 0 Å². The third-order valence-electron chi connectivity index (χ3n) is 2.39. The molecule has 0 heterocycles. The van der Waals surface area contributed by atoms with E-state index in [2.05, 4.69) is 9.46 Å². The summed E-state index contributed by atoms with van der Waals surface area (Å²) in [4.78, 5) is 11.5. The minimum Gasteiger partial charge on any atom is -0.465 e. The van der Waals surface area contributed by atoms with Crippen LogP contribution in [0.1, 0.15) is 23.2 Å². The predicted molar refractivity (Wildman–Crippen MR) is 75.1 cm³/mol. The van der Waals surface area contributed by atoms with Crippen molar-refractivity contribution >= 4 is 33.3 Å². The standard InChI is InChI=1S/C12H16ClNO4S/c1-18-12(15)10-6-2-3-7-11(10)14-19(16,17)9-5-4-8-13/h2-3,6-7,14H,4-5,8-9H2,1H3. The van der Waals surface area contributed by atoms with Gasteiger partial charge in [0, 0.05) is 5.88 Å². The number of unbranched alkanes of at least 4 members (excludes halogenated alkanes) is 1. The van der Waals surface area contributed by atoms with Crippen LogP contribution in [0.25, 0.3) is 0 Å². The fourth-order valence-corrected chi connectivity index (χ4v) is 2.85. The minimum absolute atomic E-state index is 0.0325. The van der Waals surface area contributed by atoms with Gasteiger partial charge >= 0.3 is 5.97 Å². The highest BCUT2D eigenvalue weighted by Crippen LogP contribution is 2.18. The molecular formula is C12H16ClNO4S. The Labute approximate surface area is 118 Å². The number of alkyl halides is 1. The molecule has 1 aromatic carbocycles. The molecule has 0 amide bonds. The van der Waals surface area contributed by atoms with Crippen LogP contribution in [0.15, 0.2) is 24.3 Å². The average molecular weight is 306 g/mol. The number of nitrogens with one attached hydrogen (secondary N) is 1. The van der Waals surface area contributed by atoms with Crippen LogP contribution in [0.5, 0.6) is 0 Å². The van der Waals surface area contributed by atoms with Gasteiger partial charge in [0.1, 0.15) is 0 Å². The van der Waals surface area contributed by atoms with E-state index in [1.165, 1.54) is 19.2 Å². The van der Waals surface area contributed by atoms with Gasteiger partial charge in [-0.2, -0.15) is 0 Å². The summed E-state index contributed by atoms with van der Waals surface area (Å²) in [5, 5.41) is 0. The molecule has 0 aliphatic rings. The molecule has 0 saturated carbocycles. The molecule has 7 heteroatoms. The summed E-state index contributed by atoms with van der Waals surface area (Å²) in [6, 6.07) is 6.30. The molecular weight excluding hydrogens is 290 g/mol. The summed E-state index contributed by atoms with van der Waals surface area (Å²) in [5.74, 6) is -0.192. The molecule has 0 aliphatic carbocycles. The number of anilines is 1. The maximum atomic E-state index is 11.8. The smallest absolute Gasteiger partial charge is 0.339 e. The fraction of sp³-hybridized carbons (Fsp3) is 0.417. The van der Waals surface area contributed by atoms with Crippen LogP contribution in [-0.2, 0) is 14.8 Å². The van der Waals surface area contributed by atoms with E-state index < -0.39 is 16.0 Å². The Morgan fingerprint density at radius 3 is 2.63 bits per heavy atom. The lowest BCUT2D eigenvalue weighted by atomic mass is 10.2. The number of para-hydroxylation sites is 1. The molecule has 0 fully saturated rings. The molecule has 5 nitrogen and oxygen atoms in total. The van der Waals surface area contributed by atoms with E-state index in [0.29, 0.717) is 18.7 Å². The van der Waals surface area contributed by atoms with Crippen LogP contribution < -0.4 is 4.72 Å². The van der Waals surface area contributed by atoms with Gasteiger partial charge in [0.05, 0.1) is 24.1 Å². The van der Waals surface area contributed by atoms with Crippen molar-refractivity contribution in [3.05, 3.63) is 29.8 Å². The van der Waals surface area contributed by atoms with Gasteiger partial charge in [-0.15, -0.1) is 11.6 Å². The first-order valence-corrected chi connectivity index (χ1v) is 7.92. The lowest BCUT2D eigenvalue weighted by Gasteiger charge is -2.11. The Hall–Kier alpha value is -1.27. The van der Waals surface area contributed by atoms with Gasteiger partial charge in [-0.05, 0) is 25.0 Å². The fourth-order valence-electron chi connectivity index (χ4n) is 1.47. The molecule has 0 unspecified atom stereocenters. The van der Waals surface area contributed by atoms with Crippen molar-refractivity contribution in [1.29, 1.82) is 0 Å². The minimum atomic E-state index is -3.49. The van der Waals surface area contributed by atoms with Gasteiger partial charge in [-0.1, -0.05) is 12.1 Å². The second-order valence-electron chi connectivity index (χ2n) is 3.85. The van der Waals surface area contributed by atoms with Crippen molar-refractivity contribution < 1.29 is 17.9 Å². The maximum absolute atomic E-state index is 11.8. The molecule has 0 saturated heterocycles. The lowest BCUT2D eigenvalue weighted by Crippen LogP contribution is -2.19. The Morgan fingerprint density at radius 1 is 1.32 bits per heavy atom. The third kappa shape index (κ3) is 5.08. The molecule has 19 heavy (non-hydrogen) atoms. The summed E-state index contributed by atoms with van der Waals surface area (Å²) in [6.45, 7) is 0. The second kappa shape index (κ2) is 7.35. The van der Waals surface area contributed by atoms with Gasteiger partial charge in [0.25, 0.3) is 0 Å². The van der Waals surface area contributed by atoms with Crippen LogP contribution in [-0.4, -0.2) is 33.1 Å². The molecule has 0 spiro atoms. The largest absolute Gasteiger partial charge is 0.465 e. The van der Waals surface area contributed by atoms with Crippen molar-refractivity contribution in [1.82, 2.24) is 0 Å². The number of carbonyl (C=O) groups is 1.